The minimum absolute atomic E-state index is 0.0313. The molecule has 0 aliphatic carbocycles. The maximum atomic E-state index is 13.9. The smallest absolute Gasteiger partial charge is 0.345 e. The van der Waals surface area contributed by atoms with Gasteiger partial charge in [-0.3, -0.25) is 4.98 Å². The van der Waals surface area contributed by atoms with Crippen LogP contribution in [0.5, 0.6) is 11.5 Å². The number of aromatic nitrogens is 1. The van der Waals surface area contributed by atoms with Crippen molar-refractivity contribution in [3.05, 3.63) is 77.1 Å². The molecule has 10 heteroatoms. The molecule has 162 valence electrons. The van der Waals surface area contributed by atoms with Crippen LogP contribution in [-0.4, -0.2) is 22.1 Å². The summed E-state index contributed by atoms with van der Waals surface area (Å²) in [6.45, 7) is 0.227. The second-order valence-corrected chi connectivity index (χ2v) is 7.72. The fraction of sp³-hybridized carbons (Fsp3) is 0.0455. The first-order valence-corrected chi connectivity index (χ1v) is 10.2. The number of aromatic carboxylic acids is 1. The normalized spacial score (nSPS) is 10.7. The maximum absolute atomic E-state index is 13.9. The van der Waals surface area contributed by atoms with E-state index < -0.39 is 17.8 Å². The van der Waals surface area contributed by atoms with Crippen LogP contribution in [0.2, 0.25) is 0 Å². The Bertz CT molecular complexity index is 1310. The van der Waals surface area contributed by atoms with E-state index in [2.05, 4.69) is 15.6 Å². The molecular formula is C22H17FN4O4S. The molecule has 2 amide bonds. The van der Waals surface area contributed by atoms with Crippen LogP contribution in [0.4, 0.5) is 20.6 Å². The summed E-state index contributed by atoms with van der Waals surface area (Å²) in [6, 6.07) is 13.3. The van der Waals surface area contributed by atoms with Gasteiger partial charge in [-0.1, -0.05) is 6.07 Å². The number of carbonyl (C=O) groups excluding carboxylic acids is 1. The molecule has 0 aliphatic rings. The number of hydrogen-bond donors (Lipinski definition) is 4. The number of nitrogens with one attached hydrogen (secondary N) is 2. The van der Waals surface area contributed by atoms with Crippen LogP contribution in [0.3, 0.4) is 0 Å². The summed E-state index contributed by atoms with van der Waals surface area (Å²) in [4.78, 5) is 27.7. The standard InChI is InChI=1S/C22H17FN4O4S/c23-15-6-1-12(11-24)9-16(15)27-22(30)26-13-2-4-14(5-3-13)31-18-7-8-25-17-10-19(21(28)29)32-20(17)18/h1-10H,11,24H2,(H,28,29)(H2,26,27,30). The Balaban J connectivity index is 1.44. The molecule has 0 radical (unpaired) electrons. The van der Waals surface area contributed by atoms with E-state index in [4.69, 9.17) is 10.5 Å². The monoisotopic (exact) mass is 452 g/mol. The van der Waals surface area contributed by atoms with Crippen molar-refractivity contribution in [2.45, 2.75) is 6.54 Å². The van der Waals surface area contributed by atoms with Crippen LogP contribution in [0.25, 0.3) is 10.2 Å². The molecule has 0 fully saturated rings. The summed E-state index contributed by atoms with van der Waals surface area (Å²) >= 11 is 1.08. The van der Waals surface area contributed by atoms with Crippen LogP contribution in [-0.2, 0) is 6.54 Å². The summed E-state index contributed by atoms with van der Waals surface area (Å²) < 4.78 is 20.4. The molecule has 0 atom stereocenters. The Labute approximate surface area is 185 Å². The lowest BCUT2D eigenvalue weighted by molar-refractivity contribution is 0.0702. The quantitative estimate of drug-likeness (QED) is 0.325. The molecule has 32 heavy (non-hydrogen) atoms. The van der Waals surface area contributed by atoms with Crippen molar-refractivity contribution in [2.24, 2.45) is 5.73 Å². The van der Waals surface area contributed by atoms with Crippen molar-refractivity contribution >= 4 is 44.9 Å². The molecule has 0 spiro atoms. The number of fused-ring (bicyclic) bond motifs is 1. The van der Waals surface area contributed by atoms with E-state index in [9.17, 15) is 19.1 Å². The summed E-state index contributed by atoms with van der Waals surface area (Å²) in [5.74, 6) is -0.636. The third kappa shape index (κ3) is 4.66. The van der Waals surface area contributed by atoms with Crippen molar-refractivity contribution in [3.63, 3.8) is 0 Å². The lowest BCUT2D eigenvalue weighted by atomic mass is 10.2. The first-order chi connectivity index (χ1) is 15.4. The van der Waals surface area contributed by atoms with Crippen LogP contribution in [0.15, 0.2) is 60.8 Å². The van der Waals surface area contributed by atoms with Crippen LogP contribution in [0, 0.1) is 5.82 Å². The van der Waals surface area contributed by atoms with Gasteiger partial charge in [0.25, 0.3) is 0 Å². The zero-order chi connectivity index (χ0) is 22.7. The minimum Gasteiger partial charge on any atom is -0.477 e. The molecule has 5 N–H and O–H groups in total. The lowest BCUT2D eigenvalue weighted by Crippen LogP contribution is -2.20. The summed E-state index contributed by atoms with van der Waals surface area (Å²) in [5, 5.41) is 14.2. The molecule has 8 nitrogen and oxygen atoms in total. The van der Waals surface area contributed by atoms with E-state index in [1.807, 2.05) is 0 Å². The topological polar surface area (TPSA) is 127 Å². The first kappa shape index (κ1) is 21.2. The lowest BCUT2D eigenvalue weighted by Gasteiger charge is -2.11. The molecule has 2 heterocycles. The number of carbonyl (C=O) groups is 2. The number of hydrogen-bond acceptors (Lipinski definition) is 6. The highest BCUT2D eigenvalue weighted by Crippen LogP contribution is 2.35. The number of urea groups is 1. The third-order valence-electron chi connectivity index (χ3n) is 4.44. The molecule has 2 aromatic heterocycles. The summed E-state index contributed by atoms with van der Waals surface area (Å²) in [6.07, 6.45) is 1.54. The Morgan fingerprint density at radius 1 is 1.09 bits per heavy atom. The van der Waals surface area contributed by atoms with E-state index in [1.54, 1.807) is 36.4 Å². The van der Waals surface area contributed by atoms with Gasteiger partial charge in [-0.05, 0) is 48.0 Å². The second-order valence-electron chi connectivity index (χ2n) is 6.66. The number of carboxylic acids is 1. The number of rotatable bonds is 6. The first-order valence-electron chi connectivity index (χ1n) is 9.39. The minimum atomic E-state index is -1.03. The fourth-order valence-electron chi connectivity index (χ4n) is 2.91. The van der Waals surface area contributed by atoms with E-state index in [0.29, 0.717) is 33.0 Å². The van der Waals surface area contributed by atoms with Crippen molar-refractivity contribution in [2.75, 3.05) is 10.6 Å². The summed E-state index contributed by atoms with van der Waals surface area (Å²) in [7, 11) is 0. The second kappa shape index (κ2) is 9.00. The molecule has 2 aromatic carbocycles. The number of nitrogens with two attached hydrogens (primary N) is 1. The van der Waals surface area contributed by atoms with Gasteiger partial charge in [0.2, 0.25) is 0 Å². The predicted molar refractivity (Wildman–Crippen MR) is 120 cm³/mol. The highest BCUT2D eigenvalue weighted by atomic mass is 32.1. The van der Waals surface area contributed by atoms with Crippen LogP contribution >= 0.6 is 11.3 Å². The maximum Gasteiger partial charge on any atom is 0.345 e. The van der Waals surface area contributed by atoms with Crippen molar-refractivity contribution < 1.29 is 23.8 Å². The van der Waals surface area contributed by atoms with Crippen LogP contribution in [0.1, 0.15) is 15.2 Å². The van der Waals surface area contributed by atoms with Gasteiger partial charge >= 0.3 is 12.0 Å². The number of ether oxygens (including phenoxy) is 1. The van der Waals surface area contributed by atoms with E-state index >= 15 is 0 Å². The van der Waals surface area contributed by atoms with Gasteiger partial charge in [0.05, 0.1) is 15.9 Å². The van der Waals surface area contributed by atoms with Gasteiger partial charge in [0.15, 0.2) is 0 Å². The highest BCUT2D eigenvalue weighted by Gasteiger charge is 2.14. The molecule has 4 rings (SSSR count). The number of amides is 2. The Kier molecular flexibility index (Phi) is 5.97. The Hall–Kier alpha value is -4.02. The Morgan fingerprint density at radius 3 is 2.59 bits per heavy atom. The number of halogens is 1. The van der Waals surface area contributed by atoms with Crippen molar-refractivity contribution in [1.82, 2.24) is 4.98 Å². The van der Waals surface area contributed by atoms with E-state index in [1.165, 1.54) is 24.4 Å². The zero-order valence-corrected chi connectivity index (χ0v) is 17.3. The molecule has 4 aromatic rings. The van der Waals surface area contributed by atoms with Gasteiger partial charge in [0, 0.05) is 24.5 Å². The largest absolute Gasteiger partial charge is 0.477 e. The molecule has 0 saturated heterocycles. The molecule has 0 saturated carbocycles. The highest BCUT2D eigenvalue weighted by molar-refractivity contribution is 7.21. The number of anilines is 2. The number of nitrogens with zero attached hydrogens (tertiary/aromatic N) is 1. The summed E-state index contributed by atoms with van der Waals surface area (Å²) in [5.41, 5.74) is 7.27. The SMILES string of the molecule is NCc1ccc(F)c(NC(=O)Nc2ccc(Oc3ccnc4cc(C(=O)O)sc34)cc2)c1. The van der Waals surface area contributed by atoms with Crippen LogP contribution < -0.4 is 21.1 Å². The third-order valence-corrected chi connectivity index (χ3v) is 5.57. The predicted octanol–water partition coefficient (Wildman–Crippen LogP) is 5.03. The molecular weight excluding hydrogens is 435 g/mol. The zero-order valence-electron chi connectivity index (χ0n) is 16.5. The van der Waals surface area contributed by atoms with E-state index in [-0.39, 0.29) is 17.1 Å². The molecule has 0 unspecified atom stereocenters. The van der Waals surface area contributed by atoms with E-state index in [0.717, 1.165) is 11.3 Å². The Morgan fingerprint density at radius 2 is 1.88 bits per heavy atom. The number of carboxylic acid groups (broad SMARTS) is 1. The average Bonchev–Trinajstić information content (AvgIpc) is 3.22. The van der Waals surface area contributed by atoms with Gasteiger partial charge in [-0.25, -0.2) is 14.0 Å². The number of benzene rings is 2. The van der Waals surface area contributed by atoms with Crippen molar-refractivity contribution in [1.29, 1.82) is 0 Å². The average molecular weight is 452 g/mol. The number of thiophene rings is 1. The van der Waals surface area contributed by atoms with Gasteiger partial charge in [-0.2, -0.15) is 0 Å². The molecule has 0 bridgehead atoms. The fourth-order valence-corrected chi connectivity index (χ4v) is 3.82. The number of pyridine rings is 1. The van der Waals surface area contributed by atoms with Gasteiger partial charge < -0.3 is 26.2 Å². The molecule has 0 aliphatic heterocycles. The van der Waals surface area contributed by atoms with Gasteiger partial charge in [-0.15, -0.1) is 11.3 Å². The van der Waals surface area contributed by atoms with Crippen molar-refractivity contribution in [3.8, 4) is 11.5 Å². The van der Waals surface area contributed by atoms with Gasteiger partial charge in [0.1, 0.15) is 22.2 Å².